The van der Waals surface area contributed by atoms with Crippen molar-refractivity contribution in [3.05, 3.63) is 89.5 Å². The Bertz CT molecular complexity index is 1100. The first-order valence-corrected chi connectivity index (χ1v) is 9.48. The summed E-state index contributed by atoms with van der Waals surface area (Å²) in [5.74, 6) is -0.184. The molecule has 27 heavy (non-hydrogen) atoms. The molecule has 0 atom stereocenters. The lowest BCUT2D eigenvalue weighted by Crippen LogP contribution is -2.23. The molecule has 0 radical (unpaired) electrons. The van der Waals surface area contributed by atoms with Crippen molar-refractivity contribution in [1.29, 1.82) is 0 Å². The highest BCUT2D eigenvalue weighted by molar-refractivity contribution is 7.99. The highest BCUT2D eigenvalue weighted by Crippen LogP contribution is 2.28. The number of carbonyl (C=O) groups is 1. The van der Waals surface area contributed by atoms with E-state index in [1.54, 1.807) is 30.6 Å². The van der Waals surface area contributed by atoms with E-state index in [1.807, 2.05) is 47.0 Å². The normalized spacial score (nSPS) is 10.9. The molecular weight excluding hydrogens is 380 g/mol. The van der Waals surface area contributed by atoms with Gasteiger partial charge in [0.1, 0.15) is 10.7 Å². The second-order valence-corrected chi connectivity index (χ2v) is 7.30. The van der Waals surface area contributed by atoms with Crippen molar-refractivity contribution in [2.24, 2.45) is 0 Å². The van der Waals surface area contributed by atoms with Crippen molar-refractivity contribution in [2.75, 3.05) is 0 Å². The number of nitrogens with one attached hydrogen (secondary N) is 1. The van der Waals surface area contributed by atoms with Gasteiger partial charge in [0, 0.05) is 23.5 Å². The molecule has 0 saturated heterocycles. The van der Waals surface area contributed by atoms with Crippen LogP contribution in [0.25, 0.3) is 5.65 Å². The maximum Gasteiger partial charge on any atom is 0.254 e. The molecule has 0 unspecified atom stereocenters. The highest BCUT2D eigenvalue weighted by atomic mass is 35.5. The van der Waals surface area contributed by atoms with Crippen LogP contribution in [0.1, 0.15) is 16.1 Å². The average Bonchev–Trinajstić information content (AvgIpc) is 3.09. The van der Waals surface area contributed by atoms with E-state index in [2.05, 4.69) is 15.3 Å². The monoisotopic (exact) mass is 394 g/mol. The van der Waals surface area contributed by atoms with Gasteiger partial charge in [0.25, 0.3) is 5.91 Å². The Morgan fingerprint density at radius 3 is 2.78 bits per heavy atom. The Labute approximate surface area is 165 Å². The highest BCUT2D eigenvalue weighted by Gasteiger charge is 2.14. The molecule has 0 spiro atoms. The van der Waals surface area contributed by atoms with Gasteiger partial charge < -0.3 is 9.72 Å². The Morgan fingerprint density at radius 2 is 1.93 bits per heavy atom. The minimum atomic E-state index is -0.184. The van der Waals surface area contributed by atoms with Crippen molar-refractivity contribution in [3.63, 3.8) is 0 Å². The third-order valence-corrected chi connectivity index (χ3v) is 5.12. The van der Waals surface area contributed by atoms with Crippen LogP contribution >= 0.6 is 23.4 Å². The van der Waals surface area contributed by atoms with Crippen LogP contribution in [-0.4, -0.2) is 20.3 Å². The largest absolute Gasteiger partial charge is 0.346 e. The van der Waals surface area contributed by atoms with Crippen molar-refractivity contribution in [2.45, 2.75) is 16.5 Å². The van der Waals surface area contributed by atoms with Gasteiger partial charge in [-0.15, -0.1) is 0 Å². The fraction of sp³-hybridized carbons (Fsp3) is 0.0500. The molecular formula is C20H15ClN4OS. The Hall–Kier alpha value is -2.83. The number of hydrogen-bond donors (Lipinski definition) is 1. The summed E-state index contributed by atoms with van der Waals surface area (Å²) in [4.78, 5) is 22.5. The minimum absolute atomic E-state index is 0.184. The average molecular weight is 395 g/mol. The molecule has 0 bridgehead atoms. The van der Waals surface area contributed by atoms with Gasteiger partial charge in [-0.3, -0.25) is 4.79 Å². The molecule has 0 aliphatic heterocycles. The van der Waals surface area contributed by atoms with Gasteiger partial charge >= 0.3 is 0 Å². The predicted octanol–water partition coefficient (Wildman–Crippen LogP) is 4.46. The summed E-state index contributed by atoms with van der Waals surface area (Å²) >= 11 is 7.46. The number of rotatable bonds is 5. The van der Waals surface area contributed by atoms with E-state index >= 15 is 0 Å². The number of hydrogen-bond acceptors (Lipinski definition) is 4. The van der Waals surface area contributed by atoms with Crippen LogP contribution in [0.4, 0.5) is 0 Å². The maximum absolute atomic E-state index is 12.7. The Balaban J connectivity index is 1.49. The molecule has 7 heteroatoms. The van der Waals surface area contributed by atoms with E-state index in [-0.39, 0.29) is 5.91 Å². The molecule has 1 amide bonds. The lowest BCUT2D eigenvalue weighted by atomic mass is 10.2. The standard InChI is InChI=1S/C20H15ClN4OS/c21-14-8-9-18-24-15(13-25(18)12-14)11-23-19(26)17-7-4-10-22-20(17)27-16-5-2-1-3-6-16/h1-10,12-13H,11H2,(H,23,26). The van der Waals surface area contributed by atoms with E-state index in [9.17, 15) is 4.79 Å². The number of nitrogens with zero attached hydrogens (tertiary/aromatic N) is 3. The minimum Gasteiger partial charge on any atom is -0.346 e. The maximum atomic E-state index is 12.7. The van der Waals surface area contributed by atoms with Gasteiger partial charge in [-0.25, -0.2) is 9.97 Å². The van der Waals surface area contributed by atoms with Crippen LogP contribution in [0.2, 0.25) is 5.02 Å². The van der Waals surface area contributed by atoms with Gasteiger partial charge in [-0.05, 0) is 36.4 Å². The molecule has 5 nitrogen and oxygen atoms in total. The van der Waals surface area contributed by atoms with E-state index < -0.39 is 0 Å². The second-order valence-electron chi connectivity index (χ2n) is 5.80. The quantitative estimate of drug-likeness (QED) is 0.542. The number of imidazole rings is 1. The van der Waals surface area contributed by atoms with Gasteiger partial charge in [0.15, 0.2) is 0 Å². The number of fused-ring (bicyclic) bond motifs is 1. The summed E-state index contributed by atoms with van der Waals surface area (Å²) in [5.41, 5.74) is 2.08. The fourth-order valence-electron chi connectivity index (χ4n) is 2.61. The van der Waals surface area contributed by atoms with Gasteiger partial charge in [-0.1, -0.05) is 41.6 Å². The van der Waals surface area contributed by atoms with E-state index in [0.717, 1.165) is 16.2 Å². The number of carbonyl (C=O) groups excluding carboxylic acids is 1. The summed E-state index contributed by atoms with van der Waals surface area (Å²) < 4.78 is 1.84. The third-order valence-electron chi connectivity index (χ3n) is 3.87. The smallest absolute Gasteiger partial charge is 0.254 e. The zero-order valence-corrected chi connectivity index (χ0v) is 15.7. The first-order chi connectivity index (χ1) is 13.2. The molecule has 4 aromatic rings. The van der Waals surface area contributed by atoms with Crippen LogP contribution in [0.5, 0.6) is 0 Å². The molecule has 0 fully saturated rings. The molecule has 0 aliphatic rings. The zero-order valence-electron chi connectivity index (χ0n) is 14.2. The number of pyridine rings is 2. The topological polar surface area (TPSA) is 59.3 Å². The van der Waals surface area contributed by atoms with E-state index in [1.165, 1.54) is 11.8 Å². The molecule has 0 aliphatic carbocycles. The van der Waals surface area contributed by atoms with Crippen molar-refractivity contribution < 1.29 is 4.79 Å². The van der Waals surface area contributed by atoms with Gasteiger partial charge in [0.05, 0.1) is 22.8 Å². The van der Waals surface area contributed by atoms with Crippen molar-refractivity contribution >= 4 is 34.9 Å². The number of halogens is 1. The molecule has 1 aromatic carbocycles. The van der Waals surface area contributed by atoms with Crippen LogP contribution in [0, 0.1) is 0 Å². The first kappa shape index (κ1) is 17.6. The van der Waals surface area contributed by atoms with Crippen molar-refractivity contribution in [3.8, 4) is 0 Å². The van der Waals surface area contributed by atoms with Crippen LogP contribution in [0.15, 0.2) is 83.1 Å². The third kappa shape index (κ3) is 4.13. The van der Waals surface area contributed by atoms with Gasteiger partial charge in [0.2, 0.25) is 0 Å². The zero-order chi connectivity index (χ0) is 18.6. The van der Waals surface area contributed by atoms with E-state index in [0.29, 0.717) is 22.2 Å². The molecule has 3 aromatic heterocycles. The summed E-state index contributed by atoms with van der Waals surface area (Å²) in [7, 11) is 0. The summed E-state index contributed by atoms with van der Waals surface area (Å²) in [5, 5.41) is 4.22. The SMILES string of the molecule is O=C(NCc1cn2cc(Cl)ccc2n1)c1cccnc1Sc1ccccc1. The number of amides is 1. The van der Waals surface area contributed by atoms with Crippen LogP contribution in [-0.2, 0) is 6.54 Å². The Morgan fingerprint density at radius 1 is 1.07 bits per heavy atom. The predicted molar refractivity (Wildman–Crippen MR) is 106 cm³/mol. The molecule has 134 valence electrons. The summed E-state index contributed by atoms with van der Waals surface area (Å²) in [6, 6.07) is 17.0. The second kappa shape index (κ2) is 7.82. The molecule has 4 rings (SSSR count). The number of benzene rings is 1. The molecule has 3 heterocycles. The lowest BCUT2D eigenvalue weighted by Gasteiger charge is -2.08. The van der Waals surface area contributed by atoms with Crippen LogP contribution < -0.4 is 5.32 Å². The summed E-state index contributed by atoms with van der Waals surface area (Å²) in [6.45, 7) is 0.322. The fourth-order valence-corrected chi connectivity index (χ4v) is 3.68. The first-order valence-electron chi connectivity index (χ1n) is 8.28. The van der Waals surface area contributed by atoms with Crippen LogP contribution in [0.3, 0.4) is 0 Å². The number of aromatic nitrogens is 3. The lowest BCUT2D eigenvalue weighted by molar-refractivity contribution is 0.0947. The summed E-state index contributed by atoms with van der Waals surface area (Å²) in [6.07, 6.45) is 5.32. The molecule has 0 saturated carbocycles. The van der Waals surface area contributed by atoms with Crippen molar-refractivity contribution in [1.82, 2.24) is 19.7 Å². The van der Waals surface area contributed by atoms with E-state index in [4.69, 9.17) is 11.6 Å². The van der Waals surface area contributed by atoms with Gasteiger partial charge in [-0.2, -0.15) is 0 Å². The molecule has 1 N–H and O–H groups in total. The Kier molecular flexibility index (Phi) is 5.09.